The molecule has 1 atom stereocenters. The highest BCUT2D eigenvalue weighted by Crippen LogP contribution is 2.72. The van der Waals surface area contributed by atoms with E-state index in [2.05, 4.69) is 0 Å². The molecule has 1 unspecified atom stereocenters. The van der Waals surface area contributed by atoms with E-state index in [0.717, 1.165) is 6.92 Å². The molecule has 0 radical (unpaired) electrons. The number of hydrogen-bond acceptors (Lipinski definition) is 3. The van der Waals surface area contributed by atoms with Crippen LogP contribution in [0.1, 0.15) is 18.4 Å². The van der Waals surface area contributed by atoms with Gasteiger partial charge in [0.1, 0.15) is 0 Å². The maximum absolute atomic E-state index is 11.3. The molecule has 0 aliphatic heterocycles. The average Bonchev–Trinajstić information content (AvgIpc) is 2.25. The van der Waals surface area contributed by atoms with Crippen molar-refractivity contribution in [3.63, 3.8) is 0 Å². The Morgan fingerprint density at radius 3 is 1.74 bits per heavy atom. The molecular weight excluding hydrogens is 317 g/mol. The van der Waals surface area contributed by atoms with Gasteiger partial charge in [-0.25, -0.2) is 0 Å². The van der Waals surface area contributed by atoms with Crippen molar-refractivity contribution in [3.05, 3.63) is 34.9 Å². The molecule has 1 aromatic rings. The minimum Gasteiger partial charge on any atom is -0.367 e. The summed E-state index contributed by atoms with van der Waals surface area (Å²) < 4.78 is 22.6. The van der Waals surface area contributed by atoms with Crippen LogP contribution in [0.25, 0.3) is 0 Å². The van der Waals surface area contributed by atoms with E-state index in [1.54, 1.807) is 0 Å². The lowest BCUT2D eigenvalue weighted by Crippen LogP contribution is -2.34. The molecule has 0 bridgehead atoms. The fourth-order valence-corrected chi connectivity index (χ4v) is 4.44. The maximum atomic E-state index is 11.3. The third-order valence-electron chi connectivity index (χ3n) is 2.81. The number of rotatable bonds is 4. The topological polar surface area (TPSA) is 135 Å². The van der Waals surface area contributed by atoms with Crippen LogP contribution in [0, 0.1) is 0 Å². The van der Waals surface area contributed by atoms with Gasteiger partial charge >= 0.3 is 15.2 Å². The summed E-state index contributed by atoms with van der Waals surface area (Å²) in [5.74, 6) is -1.49. The minimum absolute atomic E-state index is 0.138. The van der Waals surface area contributed by atoms with Crippen LogP contribution in [0.3, 0.4) is 0 Å². The van der Waals surface area contributed by atoms with Gasteiger partial charge in [-0.3, -0.25) is 9.13 Å². The zero-order valence-corrected chi connectivity index (χ0v) is 12.3. The SMILES string of the molecule is CC(c1ccc(Cl)cc1)C(O)(P(=O)(O)O)P(=O)(O)O. The molecule has 0 fully saturated rings. The predicted octanol–water partition coefficient (Wildman–Crippen LogP) is 1.45. The summed E-state index contributed by atoms with van der Waals surface area (Å²) in [4.78, 5) is 36.4. The second-order valence-electron chi connectivity index (χ2n) is 4.05. The number of benzene rings is 1. The lowest BCUT2D eigenvalue weighted by atomic mass is 10.0. The fraction of sp³-hybridized carbons (Fsp3) is 0.333. The third kappa shape index (κ3) is 3.10. The molecule has 19 heavy (non-hydrogen) atoms. The van der Waals surface area contributed by atoms with Gasteiger partial charge in [-0.15, -0.1) is 0 Å². The van der Waals surface area contributed by atoms with E-state index < -0.39 is 26.2 Å². The monoisotopic (exact) mass is 330 g/mol. The van der Waals surface area contributed by atoms with Crippen LogP contribution in [-0.2, 0) is 9.13 Å². The van der Waals surface area contributed by atoms with Gasteiger partial charge in [0.25, 0.3) is 5.08 Å². The lowest BCUT2D eigenvalue weighted by Gasteiger charge is -2.34. The van der Waals surface area contributed by atoms with Gasteiger partial charge in [-0.1, -0.05) is 30.7 Å². The molecule has 7 nitrogen and oxygen atoms in total. The van der Waals surface area contributed by atoms with Gasteiger partial charge in [0.2, 0.25) is 0 Å². The van der Waals surface area contributed by atoms with E-state index in [1.165, 1.54) is 24.3 Å². The van der Waals surface area contributed by atoms with Gasteiger partial charge in [-0.05, 0) is 17.7 Å². The van der Waals surface area contributed by atoms with Gasteiger partial charge in [-0.2, -0.15) is 0 Å². The highest BCUT2D eigenvalue weighted by molar-refractivity contribution is 7.72. The standard InChI is InChI=1S/C9H13ClO7P2/c1-6(7-2-4-8(10)5-3-7)9(11,18(12,13)14)19(15,16)17/h2-6,11H,1H3,(H2,12,13,14)(H2,15,16,17). The van der Waals surface area contributed by atoms with Crippen LogP contribution in [0.5, 0.6) is 0 Å². The van der Waals surface area contributed by atoms with Gasteiger partial charge < -0.3 is 24.7 Å². The second-order valence-corrected chi connectivity index (χ2v) is 8.38. The summed E-state index contributed by atoms with van der Waals surface area (Å²) >= 11 is 5.64. The molecular formula is C9H13ClO7P2. The Morgan fingerprint density at radius 2 is 1.42 bits per heavy atom. The van der Waals surface area contributed by atoms with Crippen LogP contribution >= 0.6 is 26.8 Å². The summed E-state index contributed by atoms with van der Waals surface area (Å²) in [7, 11) is -11.0. The van der Waals surface area contributed by atoms with Crippen molar-refractivity contribution in [1.82, 2.24) is 0 Å². The van der Waals surface area contributed by atoms with E-state index in [-0.39, 0.29) is 5.56 Å². The molecule has 0 spiro atoms. The highest BCUT2D eigenvalue weighted by atomic mass is 35.5. The molecule has 1 aromatic carbocycles. The Balaban J connectivity index is 3.40. The maximum Gasteiger partial charge on any atom is 0.370 e. The molecule has 108 valence electrons. The molecule has 0 aliphatic carbocycles. The zero-order valence-electron chi connectivity index (χ0n) is 9.71. The fourth-order valence-electron chi connectivity index (χ4n) is 1.65. The highest BCUT2D eigenvalue weighted by Gasteiger charge is 2.63. The van der Waals surface area contributed by atoms with E-state index in [0.29, 0.717) is 5.02 Å². The first-order chi connectivity index (χ1) is 8.41. The Kier molecular flexibility index (Phi) is 4.67. The molecule has 5 N–H and O–H groups in total. The normalized spacial score (nSPS) is 15.3. The lowest BCUT2D eigenvalue weighted by molar-refractivity contribution is 0.111. The van der Waals surface area contributed by atoms with Gasteiger partial charge in [0.15, 0.2) is 0 Å². The number of aliphatic hydroxyl groups is 1. The molecule has 0 saturated heterocycles. The van der Waals surface area contributed by atoms with Crippen molar-refractivity contribution < 1.29 is 33.8 Å². The summed E-state index contributed by atoms with van der Waals surface area (Å²) in [5.41, 5.74) is 0.138. The van der Waals surface area contributed by atoms with E-state index in [1.807, 2.05) is 0 Å². The van der Waals surface area contributed by atoms with Crippen molar-refractivity contribution in [2.75, 3.05) is 0 Å². The van der Waals surface area contributed by atoms with Crippen LogP contribution < -0.4 is 0 Å². The first kappa shape index (κ1) is 16.8. The van der Waals surface area contributed by atoms with Crippen LogP contribution in [-0.4, -0.2) is 29.8 Å². The van der Waals surface area contributed by atoms with Gasteiger partial charge in [0, 0.05) is 10.9 Å². The molecule has 0 saturated carbocycles. The Morgan fingerprint density at radius 1 is 1.05 bits per heavy atom. The third-order valence-corrected chi connectivity index (χ3v) is 7.11. The van der Waals surface area contributed by atoms with E-state index in [4.69, 9.17) is 31.2 Å². The van der Waals surface area contributed by atoms with Crippen molar-refractivity contribution in [2.24, 2.45) is 0 Å². The Hall–Kier alpha value is -0.230. The van der Waals surface area contributed by atoms with Crippen LogP contribution in [0.4, 0.5) is 0 Å². The molecule has 10 heteroatoms. The molecule has 1 rings (SSSR count). The molecule has 0 heterocycles. The minimum atomic E-state index is -5.48. The first-order valence-corrected chi connectivity index (χ1v) is 8.60. The zero-order chi connectivity index (χ0) is 15.1. The smallest absolute Gasteiger partial charge is 0.367 e. The molecule has 0 aliphatic rings. The Labute approximate surface area is 114 Å². The molecule has 0 aromatic heterocycles. The summed E-state index contributed by atoms with van der Waals surface area (Å²) in [6.07, 6.45) is 0. The summed E-state index contributed by atoms with van der Waals surface area (Å²) in [6.45, 7) is 1.11. The quantitative estimate of drug-likeness (QED) is 0.527. The number of halogens is 1. The van der Waals surface area contributed by atoms with Crippen molar-refractivity contribution in [1.29, 1.82) is 0 Å². The van der Waals surface area contributed by atoms with Gasteiger partial charge in [0.05, 0.1) is 0 Å². The largest absolute Gasteiger partial charge is 0.370 e. The van der Waals surface area contributed by atoms with E-state index in [9.17, 15) is 14.2 Å². The second kappa shape index (κ2) is 5.28. The summed E-state index contributed by atoms with van der Waals surface area (Å²) in [5, 5.41) is 6.78. The van der Waals surface area contributed by atoms with Crippen molar-refractivity contribution in [3.8, 4) is 0 Å². The van der Waals surface area contributed by atoms with Crippen LogP contribution in [0.15, 0.2) is 24.3 Å². The van der Waals surface area contributed by atoms with E-state index >= 15 is 0 Å². The average molecular weight is 331 g/mol. The van der Waals surface area contributed by atoms with Crippen molar-refractivity contribution >= 4 is 26.8 Å². The number of hydrogen-bond donors (Lipinski definition) is 5. The first-order valence-electron chi connectivity index (χ1n) is 5.00. The van der Waals surface area contributed by atoms with Crippen LogP contribution in [0.2, 0.25) is 5.02 Å². The predicted molar refractivity (Wildman–Crippen MR) is 68.9 cm³/mol. The molecule has 0 amide bonds. The summed E-state index contributed by atoms with van der Waals surface area (Å²) in [6, 6.07) is 5.41. The van der Waals surface area contributed by atoms with Crippen molar-refractivity contribution in [2.45, 2.75) is 17.9 Å². The Bertz CT molecular complexity index is 524.